The number of carbonyl (C=O) groups is 4. The van der Waals surface area contributed by atoms with E-state index >= 15 is 0 Å². The van der Waals surface area contributed by atoms with Gasteiger partial charge in [0.15, 0.2) is 17.6 Å². The first-order valence-electron chi connectivity index (χ1n) is 7.45. The van der Waals surface area contributed by atoms with Gasteiger partial charge in [-0.3, -0.25) is 14.4 Å². The number of nitrogens with zero attached hydrogens (tertiary/aromatic N) is 1. The molecule has 1 aliphatic rings. The Labute approximate surface area is 140 Å². The molecule has 1 saturated heterocycles. The number of hydrogen-bond acceptors (Lipinski definition) is 5. The number of hydrogen-bond donors (Lipinski definition) is 1. The topological polar surface area (TPSA) is 92.8 Å². The zero-order valence-electron chi connectivity index (χ0n) is 14.3. The van der Waals surface area contributed by atoms with Crippen LogP contribution in [0.4, 0.5) is 4.79 Å². The third-order valence-electron chi connectivity index (χ3n) is 4.22. The molecule has 0 spiro atoms. The number of Topliss-reactive ketones (excluding diaryl/α,β-unsaturated/α-hetero) is 2. The maximum absolute atomic E-state index is 12.9. The third kappa shape index (κ3) is 2.66. The third-order valence-corrected chi connectivity index (χ3v) is 4.22. The molecule has 7 nitrogen and oxygen atoms in total. The lowest BCUT2D eigenvalue weighted by atomic mass is 9.90. The molecule has 0 radical (unpaired) electrons. The minimum absolute atomic E-state index is 0.549. The highest BCUT2D eigenvalue weighted by atomic mass is 16.5. The average Bonchev–Trinajstić information content (AvgIpc) is 2.71. The van der Waals surface area contributed by atoms with E-state index in [1.165, 1.54) is 21.0 Å². The number of amides is 3. The van der Waals surface area contributed by atoms with E-state index in [1.54, 1.807) is 25.1 Å². The van der Waals surface area contributed by atoms with Gasteiger partial charge in [0.25, 0.3) is 5.91 Å². The standard InChI is InChI=1S/C17H20N2O5/c1-9-8-12(6-7-13(9)24-5)17(4)15(22)19(16(23)18-17)14(10(2)20)11(3)21/h6-8,14H,1-5H3,(H,18,23). The Kier molecular flexibility index (Phi) is 4.46. The Balaban J connectivity index is 2.48. The number of nitrogens with one attached hydrogen (secondary N) is 1. The molecule has 1 heterocycles. The lowest BCUT2D eigenvalue weighted by molar-refractivity contribution is -0.141. The van der Waals surface area contributed by atoms with Gasteiger partial charge in [0.1, 0.15) is 11.3 Å². The van der Waals surface area contributed by atoms with Crippen LogP contribution in [0.25, 0.3) is 0 Å². The second kappa shape index (κ2) is 6.07. The summed E-state index contributed by atoms with van der Waals surface area (Å²) in [4.78, 5) is 49.3. The molecule has 1 aromatic carbocycles. The fourth-order valence-corrected chi connectivity index (χ4v) is 2.93. The van der Waals surface area contributed by atoms with E-state index < -0.39 is 35.1 Å². The van der Waals surface area contributed by atoms with Crippen LogP contribution in [0.15, 0.2) is 18.2 Å². The predicted octanol–water partition coefficient (Wildman–Crippen LogP) is 1.32. The second-order valence-corrected chi connectivity index (χ2v) is 6.04. The number of ketones is 2. The van der Waals surface area contributed by atoms with Crippen molar-refractivity contribution in [2.75, 3.05) is 7.11 Å². The highest BCUT2D eigenvalue weighted by molar-refractivity contribution is 6.16. The second-order valence-electron chi connectivity index (χ2n) is 6.04. The van der Waals surface area contributed by atoms with Crippen molar-refractivity contribution < 1.29 is 23.9 Å². The van der Waals surface area contributed by atoms with Crippen molar-refractivity contribution in [1.82, 2.24) is 10.2 Å². The minimum Gasteiger partial charge on any atom is -0.496 e. The highest BCUT2D eigenvalue weighted by Gasteiger charge is 2.53. The number of carbonyl (C=O) groups excluding carboxylic acids is 4. The maximum Gasteiger partial charge on any atom is 0.326 e. The SMILES string of the molecule is COc1ccc(C2(C)NC(=O)N(C(C(C)=O)C(C)=O)C2=O)cc1C. The van der Waals surface area contributed by atoms with Crippen molar-refractivity contribution in [3.63, 3.8) is 0 Å². The van der Waals surface area contributed by atoms with Crippen molar-refractivity contribution >= 4 is 23.5 Å². The van der Waals surface area contributed by atoms with Crippen LogP contribution in [-0.2, 0) is 19.9 Å². The summed E-state index contributed by atoms with van der Waals surface area (Å²) >= 11 is 0. The van der Waals surface area contributed by atoms with Crippen LogP contribution in [0.2, 0.25) is 0 Å². The van der Waals surface area contributed by atoms with Crippen LogP contribution < -0.4 is 10.1 Å². The van der Waals surface area contributed by atoms with Crippen LogP contribution in [0.5, 0.6) is 5.75 Å². The highest BCUT2D eigenvalue weighted by Crippen LogP contribution is 2.32. The molecule has 0 aromatic heterocycles. The summed E-state index contributed by atoms with van der Waals surface area (Å²) in [5, 5.41) is 2.59. The van der Waals surface area contributed by atoms with Gasteiger partial charge in [0.05, 0.1) is 7.11 Å². The van der Waals surface area contributed by atoms with Crippen LogP contribution in [-0.4, -0.2) is 41.6 Å². The largest absolute Gasteiger partial charge is 0.496 e. The normalized spacial score (nSPS) is 20.3. The fraction of sp³-hybridized carbons (Fsp3) is 0.412. The molecule has 24 heavy (non-hydrogen) atoms. The van der Waals surface area contributed by atoms with Crippen LogP contribution in [0, 0.1) is 6.92 Å². The summed E-state index contributed by atoms with van der Waals surface area (Å²) in [6, 6.07) is 2.94. The molecule has 0 aliphatic carbocycles. The number of methoxy groups -OCH3 is 1. The molecule has 1 fully saturated rings. The Morgan fingerprint density at radius 3 is 2.25 bits per heavy atom. The van der Waals surface area contributed by atoms with Gasteiger partial charge in [-0.15, -0.1) is 0 Å². The predicted molar refractivity (Wildman–Crippen MR) is 85.6 cm³/mol. The van der Waals surface area contributed by atoms with Crippen LogP contribution in [0.3, 0.4) is 0 Å². The number of urea groups is 1. The zero-order valence-corrected chi connectivity index (χ0v) is 14.3. The van der Waals surface area contributed by atoms with E-state index in [2.05, 4.69) is 5.32 Å². The zero-order chi connectivity index (χ0) is 18.2. The molecule has 1 atom stereocenters. The van der Waals surface area contributed by atoms with Crippen LogP contribution >= 0.6 is 0 Å². The average molecular weight is 332 g/mol. The molecule has 7 heteroatoms. The van der Waals surface area contributed by atoms with Gasteiger partial charge >= 0.3 is 6.03 Å². The maximum atomic E-state index is 12.9. The molecule has 128 valence electrons. The van der Waals surface area contributed by atoms with Gasteiger partial charge in [-0.05, 0) is 51.0 Å². The van der Waals surface area contributed by atoms with Gasteiger partial charge in [-0.25, -0.2) is 9.69 Å². The summed E-state index contributed by atoms with van der Waals surface area (Å²) < 4.78 is 5.19. The fourth-order valence-electron chi connectivity index (χ4n) is 2.93. The first-order chi connectivity index (χ1) is 11.1. The van der Waals surface area contributed by atoms with Crippen LogP contribution in [0.1, 0.15) is 31.9 Å². The number of ether oxygens (including phenoxy) is 1. The van der Waals surface area contributed by atoms with Gasteiger partial charge in [0.2, 0.25) is 0 Å². The summed E-state index contributed by atoms with van der Waals surface area (Å²) in [6.45, 7) is 5.73. The van der Waals surface area contributed by atoms with Crippen molar-refractivity contribution in [3.05, 3.63) is 29.3 Å². The Morgan fingerprint density at radius 2 is 1.79 bits per heavy atom. The molecule has 1 aliphatic heterocycles. The molecular formula is C17H20N2O5. The van der Waals surface area contributed by atoms with E-state index in [-0.39, 0.29) is 0 Å². The molecule has 1 N–H and O–H groups in total. The molecule has 0 saturated carbocycles. The van der Waals surface area contributed by atoms with E-state index in [4.69, 9.17) is 4.74 Å². The Morgan fingerprint density at radius 1 is 1.21 bits per heavy atom. The smallest absolute Gasteiger partial charge is 0.326 e. The molecule has 3 amide bonds. The van der Waals surface area contributed by atoms with E-state index in [9.17, 15) is 19.2 Å². The van der Waals surface area contributed by atoms with Crippen molar-refractivity contribution in [2.45, 2.75) is 39.3 Å². The number of rotatable bonds is 5. The first kappa shape index (κ1) is 17.7. The first-order valence-corrected chi connectivity index (χ1v) is 7.45. The molecule has 0 bridgehead atoms. The Hall–Kier alpha value is -2.70. The number of imide groups is 1. The lowest BCUT2D eigenvalue weighted by Crippen LogP contribution is -2.49. The quantitative estimate of drug-likeness (QED) is 0.648. The van der Waals surface area contributed by atoms with Gasteiger partial charge in [-0.1, -0.05) is 6.07 Å². The number of aryl methyl sites for hydroxylation is 1. The Bertz CT molecular complexity index is 728. The molecule has 2 rings (SSSR count). The van der Waals surface area contributed by atoms with E-state index in [0.717, 1.165) is 5.56 Å². The van der Waals surface area contributed by atoms with Crippen molar-refractivity contribution in [3.8, 4) is 5.75 Å². The summed E-state index contributed by atoms with van der Waals surface area (Å²) in [5.74, 6) is -1.09. The van der Waals surface area contributed by atoms with E-state index in [0.29, 0.717) is 16.2 Å². The van der Waals surface area contributed by atoms with Gasteiger partial charge in [0, 0.05) is 0 Å². The minimum atomic E-state index is -1.40. The van der Waals surface area contributed by atoms with Gasteiger partial charge in [-0.2, -0.15) is 0 Å². The summed E-state index contributed by atoms with van der Waals surface area (Å²) in [7, 11) is 1.54. The number of benzene rings is 1. The monoisotopic (exact) mass is 332 g/mol. The molecule has 1 aromatic rings. The summed E-state index contributed by atoms with van der Waals surface area (Å²) in [6.07, 6.45) is 0. The van der Waals surface area contributed by atoms with Crippen molar-refractivity contribution in [2.24, 2.45) is 0 Å². The lowest BCUT2D eigenvalue weighted by Gasteiger charge is -2.25. The van der Waals surface area contributed by atoms with Gasteiger partial charge < -0.3 is 10.1 Å². The molecular weight excluding hydrogens is 312 g/mol. The van der Waals surface area contributed by atoms with Crippen molar-refractivity contribution in [1.29, 1.82) is 0 Å². The molecule has 1 unspecified atom stereocenters. The van der Waals surface area contributed by atoms with E-state index in [1.807, 2.05) is 6.92 Å². The summed E-state index contributed by atoms with van der Waals surface area (Å²) in [5.41, 5.74) is -0.00372.